The Morgan fingerprint density at radius 1 is 1.25 bits per heavy atom. The lowest BCUT2D eigenvalue weighted by Gasteiger charge is -2.15. The molecule has 4 heteroatoms. The summed E-state index contributed by atoms with van der Waals surface area (Å²) in [6.45, 7) is 4.05. The van der Waals surface area contributed by atoms with Gasteiger partial charge in [-0.2, -0.15) is 0 Å². The summed E-state index contributed by atoms with van der Waals surface area (Å²) in [6.07, 6.45) is -0.0735. The highest BCUT2D eigenvalue weighted by molar-refractivity contribution is 6.53. The highest BCUT2D eigenvalue weighted by Gasteiger charge is 2.31. The molecule has 86 valence electrons. The van der Waals surface area contributed by atoms with Crippen LogP contribution >= 0.6 is 23.2 Å². The maximum atomic E-state index is 5.74. The van der Waals surface area contributed by atoms with Gasteiger partial charge >= 0.3 is 0 Å². The molecule has 0 aromatic heterocycles. The van der Waals surface area contributed by atoms with Crippen LogP contribution in [-0.2, 0) is 4.74 Å². The Morgan fingerprint density at radius 2 is 1.88 bits per heavy atom. The molecular weight excluding hydrogens is 245 g/mol. The van der Waals surface area contributed by atoms with E-state index in [2.05, 4.69) is 24.0 Å². The molecule has 1 aromatic carbocycles. The molecule has 16 heavy (non-hydrogen) atoms. The first-order valence-electron chi connectivity index (χ1n) is 5.17. The Balaban J connectivity index is 2.17. The number of hydrogen-bond donors (Lipinski definition) is 0. The van der Waals surface area contributed by atoms with Crippen molar-refractivity contribution < 1.29 is 4.74 Å². The number of hydrogen-bond acceptors (Lipinski definition) is 2. The number of nitrogens with zero attached hydrogens (tertiary/aromatic N) is 1. The molecule has 0 unspecified atom stereocenters. The molecular formula is C12H13Cl2NO. The summed E-state index contributed by atoms with van der Waals surface area (Å²) in [5.74, 6) is 0.418. The third-order valence-electron chi connectivity index (χ3n) is 2.61. The zero-order valence-electron chi connectivity index (χ0n) is 9.15. The number of aliphatic imine (C=N–C) groups is 1. The lowest BCUT2D eigenvalue weighted by atomic mass is 10.0. The molecule has 0 fully saturated rings. The highest BCUT2D eigenvalue weighted by atomic mass is 35.5. The van der Waals surface area contributed by atoms with Gasteiger partial charge in [0, 0.05) is 0 Å². The van der Waals surface area contributed by atoms with E-state index in [-0.39, 0.29) is 12.1 Å². The van der Waals surface area contributed by atoms with Gasteiger partial charge in [-0.05, 0) is 19.4 Å². The summed E-state index contributed by atoms with van der Waals surface area (Å²) < 4.78 is 5.65. The molecule has 2 nitrogen and oxygen atoms in total. The van der Waals surface area contributed by atoms with E-state index >= 15 is 0 Å². The number of alkyl halides is 2. The van der Waals surface area contributed by atoms with Gasteiger partial charge in [-0.15, -0.1) is 0 Å². The predicted octanol–water partition coefficient (Wildman–Crippen LogP) is 3.66. The van der Waals surface area contributed by atoms with E-state index in [1.54, 1.807) is 0 Å². The zero-order chi connectivity index (χ0) is 11.7. The van der Waals surface area contributed by atoms with Gasteiger partial charge in [-0.1, -0.05) is 53.0 Å². The number of halogens is 2. The van der Waals surface area contributed by atoms with Gasteiger partial charge < -0.3 is 4.74 Å². The monoisotopic (exact) mass is 257 g/mol. The fourth-order valence-electron chi connectivity index (χ4n) is 1.74. The number of benzene rings is 1. The van der Waals surface area contributed by atoms with Crippen molar-refractivity contribution in [2.75, 3.05) is 0 Å². The molecule has 0 saturated carbocycles. The van der Waals surface area contributed by atoms with Crippen LogP contribution in [0.3, 0.4) is 0 Å². The van der Waals surface area contributed by atoms with Crippen LogP contribution in [0.15, 0.2) is 29.3 Å². The highest BCUT2D eigenvalue weighted by Crippen LogP contribution is 2.31. The molecule has 0 aliphatic carbocycles. The lowest BCUT2D eigenvalue weighted by Crippen LogP contribution is -2.13. The van der Waals surface area contributed by atoms with E-state index in [1.165, 1.54) is 5.56 Å². The van der Waals surface area contributed by atoms with Crippen LogP contribution in [0, 0.1) is 6.92 Å². The van der Waals surface area contributed by atoms with Crippen molar-refractivity contribution in [3.63, 3.8) is 0 Å². The van der Waals surface area contributed by atoms with Crippen molar-refractivity contribution in [2.24, 2.45) is 4.99 Å². The average Bonchev–Trinajstić information content (AvgIpc) is 2.62. The van der Waals surface area contributed by atoms with Crippen molar-refractivity contribution in [3.05, 3.63) is 35.4 Å². The summed E-state index contributed by atoms with van der Waals surface area (Å²) in [7, 11) is 0. The fraction of sp³-hybridized carbons (Fsp3) is 0.417. The molecule has 1 aliphatic rings. The maximum Gasteiger partial charge on any atom is 0.218 e. The molecule has 0 amide bonds. The second-order valence-corrected chi connectivity index (χ2v) is 5.05. The number of rotatable bonds is 2. The Labute approximate surface area is 105 Å². The lowest BCUT2D eigenvalue weighted by molar-refractivity contribution is 0.199. The Bertz CT molecular complexity index is 400. The molecule has 0 saturated heterocycles. The van der Waals surface area contributed by atoms with E-state index in [1.807, 2.05) is 19.1 Å². The average molecular weight is 258 g/mol. The molecule has 2 atom stereocenters. The molecule has 1 aromatic rings. The van der Waals surface area contributed by atoms with Crippen molar-refractivity contribution >= 4 is 29.1 Å². The number of ether oxygens (including phenoxy) is 1. The van der Waals surface area contributed by atoms with Crippen molar-refractivity contribution in [3.8, 4) is 0 Å². The van der Waals surface area contributed by atoms with Gasteiger partial charge in [0.25, 0.3) is 0 Å². The molecule has 0 spiro atoms. The molecule has 0 N–H and O–H groups in total. The summed E-state index contributed by atoms with van der Waals surface area (Å²) in [5.41, 5.74) is 2.33. The van der Waals surface area contributed by atoms with Crippen LogP contribution in [0.5, 0.6) is 0 Å². The largest absolute Gasteiger partial charge is 0.469 e. The smallest absolute Gasteiger partial charge is 0.218 e. The van der Waals surface area contributed by atoms with Crippen molar-refractivity contribution in [1.82, 2.24) is 0 Å². The second kappa shape index (κ2) is 4.64. The predicted molar refractivity (Wildman–Crippen MR) is 67.4 cm³/mol. The Hall–Kier alpha value is -0.730. The first kappa shape index (κ1) is 11.7. The third kappa shape index (κ3) is 2.33. The SMILES string of the molecule is Cc1ccc([C@H]2OC(C(Cl)Cl)=N[C@@H]2C)cc1. The summed E-state index contributed by atoms with van der Waals surface area (Å²) in [4.78, 5) is 3.62. The van der Waals surface area contributed by atoms with E-state index in [0.29, 0.717) is 5.90 Å². The van der Waals surface area contributed by atoms with Crippen LogP contribution in [0.4, 0.5) is 0 Å². The first-order chi connectivity index (χ1) is 7.58. The van der Waals surface area contributed by atoms with E-state index in [4.69, 9.17) is 27.9 Å². The minimum Gasteiger partial charge on any atom is -0.469 e. The Kier molecular flexibility index (Phi) is 3.41. The topological polar surface area (TPSA) is 21.6 Å². The van der Waals surface area contributed by atoms with Gasteiger partial charge in [-0.3, -0.25) is 0 Å². The van der Waals surface area contributed by atoms with Crippen molar-refractivity contribution in [2.45, 2.75) is 30.8 Å². The molecule has 0 bridgehead atoms. The van der Waals surface area contributed by atoms with Crippen LogP contribution in [0.1, 0.15) is 24.2 Å². The van der Waals surface area contributed by atoms with Gasteiger partial charge in [0.05, 0.1) is 6.04 Å². The molecule has 1 aliphatic heterocycles. The van der Waals surface area contributed by atoms with Gasteiger partial charge in [0.15, 0.2) is 4.84 Å². The van der Waals surface area contributed by atoms with Crippen LogP contribution in [0.25, 0.3) is 0 Å². The van der Waals surface area contributed by atoms with Gasteiger partial charge in [0.2, 0.25) is 5.90 Å². The third-order valence-corrected chi connectivity index (χ3v) is 2.98. The van der Waals surface area contributed by atoms with Crippen LogP contribution in [-0.4, -0.2) is 16.8 Å². The van der Waals surface area contributed by atoms with Gasteiger partial charge in [-0.25, -0.2) is 4.99 Å². The standard InChI is InChI=1S/C12H13Cl2NO/c1-7-3-5-9(6-4-7)10-8(2)15-12(16-10)11(13)14/h3-6,8,10-11H,1-2H3/t8-,10+/m1/s1. The second-order valence-electron chi connectivity index (χ2n) is 3.96. The Morgan fingerprint density at radius 3 is 2.38 bits per heavy atom. The summed E-state index contributed by atoms with van der Waals surface area (Å²) in [5, 5.41) is 0. The van der Waals surface area contributed by atoms with Gasteiger partial charge in [0.1, 0.15) is 6.10 Å². The summed E-state index contributed by atoms with van der Waals surface area (Å²) >= 11 is 11.5. The normalized spacial score (nSPS) is 24.4. The summed E-state index contributed by atoms with van der Waals surface area (Å²) in [6, 6.07) is 8.27. The first-order valence-corrected chi connectivity index (χ1v) is 6.04. The minimum absolute atomic E-state index is 0.0534. The fourth-order valence-corrected chi connectivity index (χ4v) is 1.95. The van der Waals surface area contributed by atoms with Crippen molar-refractivity contribution in [1.29, 1.82) is 0 Å². The zero-order valence-corrected chi connectivity index (χ0v) is 10.7. The minimum atomic E-state index is -0.683. The number of aryl methyl sites for hydroxylation is 1. The van der Waals surface area contributed by atoms with E-state index in [0.717, 1.165) is 5.56 Å². The molecule has 0 radical (unpaired) electrons. The maximum absolute atomic E-state index is 5.74. The van der Waals surface area contributed by atoms with E-state index < -0.39 is 4.84 Å². The van der Waals surface area contributed by atoms with Crippen LogP contribution in [0.2, 0.25) is 0 Å². The van der Waals surface area contributed by atoms with Crippen LogP contribution < -0.4 is 0 Å². The molecule has 1 heterocycles. The molecule has 2 rings (SSSR count). The quantitative estimate of drug-likeness (QED) is 0.742. The van der Waals surface area contributed by atoms with E-state index in [9.17, 15) is 0 Å².